The number of allylic oxidation sites excluding steroid dienone is 1. The number of phenolic OH excluding ortho intramolecular Hbond substituents is 1. The number of ketones is 1. The molecular weight excluding hydrogens is 400 g/mol. The van der Waals surface area contributed by atoms with Gasteiger partial charge in [0.2, 0.25) is 5.78 Å². The second-order valence-corrected chi connectivity index (χ2v) is 8.56. The van der Waals surface area contributed by atoms with E-state index in [9.17, 15) is 9.90 Å². The van der Waals surface area contributed by atoms with Crippen molar-refractivity contribution in [1.82, 2.24) is 9.88 Å². The molecule has 2 aromatic carbocycles. The molecule has 1 atom stereocenters. The number of aromatic hydroxyl groups is 1. The Bertz CT molecular complexity index is 1190. The number of Topliss-reactive ketones (excluding diaryl/α,β-unsaturated/α-hetero) is 1. The van der Waals surface area contributed by atoms with E-state index in [0.29, 0.717) is 29.2 Å². The van der Waals surface area contributed by atoms with Crippen molar-refractivity contribution in [2.45, 2.75) is 38.8 Å². The van der Waals surface area contributed by atoms with E-state index in [1.165, 1.54) is 5.56 Å². The van der Waals surface area contributed by atoms with Crippen LogP contribution < -0.4 is 4.74 Å². The number of ether oxygens (including phenoxy) is 1. The van der Waals surface area contributed by atoms with Crippen LogP contribution in [0.4, 0.5) is 0 Å². The molecule has 1 N–H and O–H groups in total. The molecule has 5 heteroatoms. The fourth-order valence-corrected chi connectivity index (χ4v) is 4.69. The lowest BCUT2D eigenvalue weighted by Crippen LogP contribution is -2.33. The summed E-state index contributed by atoms with van der Waals surface area (Å²) in [6, 6.07) is 15.5. The average Bonchev–Trinajstić information content (AvgIpc) is 3.12. The number of carbonyl (C=O) groups is 1. The molecule has 3 aromatic rings. The highest BCUT2D eigenvalue weighted by atomic mass is 16.5. The van der Waals surface area contributed by atoms with Crippen LogP contribution in [0.1, 0.15) is 57.9 Å². The van der Waals surface area contributed by atoms with Crippen LogP contribution >= 0.6 is 0 Å². The van der Waals surface area contributed by atoms with E-state index < -0.39 is 0 Å². The fourth-order valence-electron chi connectivity index (χ4n) is 4.69. The largest absolute Gasteiger partial charge is 0.507 e. The maximum absolute atomic E-state index is 13.0. The van der Waals surface area contributed by atoms with Gasteiger partial charge in [-0.05, 0) is 61.7 Å². The summed E-state index contributed by atoms with van der Waals surface area (Å²) < 4.78 is 6.07. The number of hydrogen-bond donors (Lipinski definition) is 1. The van der Waals surface area contributed by atoms with Gasteiger partial charge in [-0.3, -0.25) is 14.7 Å². The number of likely N-dealkylation sites (tertiary alicyclic amines) is 1. The minimum absolute atomic E-state index is 0.148. The third kappa shape index (κ3) is 3.92. The number of nitrogens with zero attached hydrogens (tertiary/aromatic N) is 2. The van der Waals surface area contributed by atoms with E-state index in [4.69, 9.17) is 4.74 Å². The fraction of sp³-hybridized carbons (Fsp3) is 0.259. The lowest BCUT2D eigenvalue weighted by Gasteiger charge is -2.36. The number of aromatic nitrogens is 1. The maximum Gasteiger partial charge on any atom is 0.231 e. The van der Waals surface area contributed by atoms with Gasteiger partial charge in [0.05, 0.1) is 11.1 Å². The monoisotopic (exact) mass is 426 g/mol. The standard InChI is InChI=1S/C27H26N2O3/c1-18-6-4-7-19(14-18)15-25-26(31)21-10-11-24(30)22(27(21)32-25)17-29-13-3-2-9-23(29)20-8-5-12-28-16-20/h4-8,10-12,14-16,23,30H,2-3,9,13,17H2,1H3/b25-15-/t23-/m0/s1. The normalized spacial score (nSPS) is 19.7. The van der Waals surface area contributed by atoms with Crippen LogP contribution in [0.25, 0.3) is 6.08 Å². The van der Waals surface area contributed by atoms with Crippen molar-refractivity contribution in [3.63, 3.8) is 0 Å². The third-order valence-electron chi connectivity index (χ3n) is 6.30. The van der Waals surface area contributed by atoms with Crippen molar-refractivity contribution in [3.05, 3.63) is 94.5 Å². The molecule has 2 aliphatic heterocycles. The van der Waals surface area contributed by atoms with Crippen molar-refractivity contribution in [2.75, 3.05) is 6.54 Å². The number of hydrogen-bond acceptors (Lipinski definition) is 5. The number of piperidine rings is 1. The minimum Gasteiger partial charge on any atom is -0.507 e. The molecule has 32 heavy (non-hydrogen) atoms. The number of phenols is 1. The van der Waals surface area contributed by atoms with Gasteiger partial charge in [0, 0.05) is 25.0 Å². The first-order valence-electron chi connectivity index (χ1n) is 11.1. The Kier molecular flexibility index (Phi) is 5.50. The number of benzene rings is 2. The van der Waals surface area contributed by atoms with Crippen molar-refractivity contribution in [3.8, 4) is 11.5 Å². The van der Waals surface area contributed by atoms with Gasteiger partial charge in [-0.25, -0.2) is 0 Å². The van der Waals surface area contributed by atoms with Gasteiger partial charge >= 0.3 is 0 Å². The molecule has 2 aliphatic rings. The molecule has 5 rings (SSSR count). The van der Waals surface area contributed by atoms with E-state index in [1.807, 2.05) is 43.5 Å². The zero-order valence-corrected chi connectivity index (χ0v) is 18.1. The van der Waals surface area contributed by atoms with E-state index >= 15 is 0 Å². The second-order valence-electron chi connectivity index (χ2n) is 8.56. The Morgan fingerprint density at radius 1 is 1.19 bits per heavy atom. The number of rotatable bonds is 4. The number of carbonyl (C=O) groups excluding carboxylic acids is 1. The maximum atomic E-state index is 13.0. The molecule has 3 heterocycles. The van der Waals surface area contributed by atoms with Crippen LogP contribution in [-0.2, 0) is 6.54 Å². The molecule has 1 fully saturated rings. The summed E-state index contributed by atoms with van der Waals surface area (Å²) in [7, 11) is 0. The topological polar surface area (TPSA) is 62.7 Å². The minimum atomic E-state index is -0.148. The molecule has 0 amide bonds. The van der Waals surface area contributed by atoms with Gasteiger partial charge in [0.1, 0.15) is 11.5 Å². The predicted octanol–water partition coefficient (Wildman–Crippen LogP) is 5.44. The molecule has 0 spiro atoms. The van der Waals surface area contributed by atoms with Crippen LogP contribution in [-0.4, -0.2) is 27.3 Å². The van der Waals surface area contributed by atoms with Gasteiger partial charge in [0.25, 0.3) is 0 Å². The Morgan fingerprint density at radius 2 is 2.09 bits per heavy atom. The zero-order valence-electron chi connectivity index (χ0n) is 18.1. The molecule has 0 bridgehead atoms. The first-order chi connectivity index (χ1) is 15.6. The third-order valence-corrected chi connectivity index (χ3v) is 6.30. The predicted molar refractivity (Wildman–Crippen MR) is 123 cm³/mol. The summed E-state index contributed by atoms with van der Waals surface area (Å²) in [5, 5.41) is 10.7. The van der Waals surface area contributed by atoms with Crippen molar-refractivity contribution in [2.24, 2.45) is 0 Å². The van der Waals surface area contributed by atoms with E-state index in [0.717, 1.165) is 36.9 Å². The summed E-state index contributed by atoms with van der Waals surface area (Å²) >= 11 is 0. The summed E-state index contributed by atoms with van der Waals surface area (Å²) in [6.45, 7) is 3.45. The van der Waals surface area contributed by atoms with Gasteiger partial charge in [0.15, 0.2) is 5.76 Å². The van der Waals surface area contributed by atoms with E-state index in [2.05, 4.69) is 16.0 Å². The van der Waals surface area contributed by atoms with Gasteiger partial charge in [-0.1, -0.05) is 42.3 Å². The summed E-state index contributed by atoms with van der Waals surface area (Å²) in [4.78, 5) is 19.7. The lowest BCUT2D eigenvalue weighted by atomic mass is 9.95. The summed E-state index contributed by atoms with van der Waals surface area (Å²) in [6.07, 6.45) is 8.78. The molecule has 162 valence electrons. The van der Waals surface area contributed by atoms with Crippen molar-refractivity contribution in [1.29, 1.82) is 0 Å². The Morgan fingerprint density at radius 3 is 2.91 bits per heavy atom. The number of fused-ring (bicyclic) bond motifs is 1. The molecule has 0 aliphatic carbocycles. The van der Waals surface area contributed by atoms with Gasteiger partial charge in [-0.15, -0.1) is 0 Å². The highest BCUT2D eigenvalue weighted by Gasteiger charge is 2.33. The van der Waals surface area contributed by atoms with Crippen LogP contribution in [0, 0.1) is 6.92 Å². The van der Waals surface area contributed by atoms with E-state index in [-0.39, 0.29) is 17.6 Å². The number of aryl methyl sites for hydroxylation is 1. The van der Waals surface area contributed by atoms with Crippen molar-refractivity contribution >= 4 is 11.9 Å². The van der Waals surface area contributed by atoms with Gasteiger partial charge < -0.3 is 9.84 Å². The van der Waals surface area contributed by atoms with Gasteiger partial charge in [-0.2, -0.15) is 0 Å². The van der Waals surface area contributed by atoms with Crippen LogP contribution in [0.15, 0.2) is 66.7 Å². The SMILES string of the molecule is Cc1cccc(/C=C2\Oc3c(ccc(O)c3CN3CCCC[C@H]3c3cccnc3)C2=O)c1. The van der Waals surface area contributed by atoms with E-state index in [1.54, 1.807) is 24.4 Å². The van der Waals surface area contributed by atoms with Crippen LogP contribution in [0.3, 0.4) is 0 Å². The van der Waals surface area contributed by atoms with Crippen LogP contribution in [0.2, 0.25) is 0 Å². The molecule has 0 unspecified atom stereocenters. The lowest BCUT2D eigenvalue weighted by molar-refractivity contribution is 0.101. The number of pyridine rings is 1. The first kappa shape index (κ1) is 20.5. The highest BCUT2D eigenvalue weighted by Crippen LogP contribution is 2.42. The molecule has 0 saturated carbocycles. The highest BCUT2D eigenvalue weighted by molar-refractivity contribution is 6.15. The summed E-state index contributed by atoms with van der Waals surface area (Å²) in [5.74, 6) is 0.776. The second kappa shape index (κ2) is 8.60. The zero-order chi connectivity index (χ0) is 22.1. The molecule has 0 radical (unpaired) electrons. The summed E-state index contributed by atoms with van der Waals surface area (Å²) in [5.41, 5.74) is 4.38. The average molecular weight is 427 g/mol. The first-order valence-corrected chi connectivity index (χ1v) is 11.1. The van der Waals surface area contributed by atoms with Crippen molar-refractivity contribution < 1.29 is 14.6 Å². The van der Waals surface area contributed by atoms with Crippen LogP contribution in [0.5, 0.6) is 11.5 Å². The molecule has 1 saturated heterocycles. The Labute approximate surface area is 188 Å². The quantitative estimate of drug-likeness (QED) is 0.563. The molecular formula is C27H26N2O3. The Hall–Kier alpha value is -3.44. The smallest absolute Gasteiger partial charge is 0.231 e. The molecule has 5 nitrogen and oxygen atoms in total. The molecule has 1 aromatic heterocycles. The Balaban J connectivity index is 1.47.